The van der Waals surface area contributed by atoms with Crippen molar-refractivity contribution in [3.63, 3.8) is 0 Å². The first kappa shape index (κ1) is 16.1. The van der Waals surface area contributed by atoms with Crippen LogP contribution in [-0.4, -0.2) is 13.4 Å². The van der Waals surface area contributed by atoms with Crippen LogP contribution in [0.1, 0.15) is 5.56 Å². The summed E-state index contributed by atoms with van der Waals surface area (Å²) in [5.74, 6) is 0. The van der Waals surface area contributed by atoms with Crippen LogP contribution < -0.4 is 4.72 Å². The molecule has 0 atom stereocenters. The summed E-state index contributed by atoms with van der Waals surface area (Å²) in [7, 11) is -3.78. The molecule has 0 radical (unpaired) electrons. The third-order valence-electron chi connectivity index (χ3n) is 3.35. The van der Waals surface area contributed by atoms with E-state index in [9.17, 15) is 8.42 Å². The maximum atomic E-state index is 12.6. The third kappa shape index (κ3) is 3.27. The van der Waals surface area contributed by atoms with Crippen molar-refractivity contribution in [1.82, 2.24) is 4.98 Å². The van der Waals surface area contributed by atoms with Crippen LogP contribution in [0.2, 0.25) is 10.0 Å². The van der Waals surface area contributed by atoms with Crippen molar-refractivity contribution in [3.8, 4) is 0 Å². The summed E-state index contributed by atoms with van der Waals surface area (Å²) >= 11 is 11.8. The number of sulfonamides is 1. The van der Waals surface area contributed by atoms with E-state index < -0.39 is 10.0 Å². The summed E-state index contributed by atoms with van der Waals surface area (Å²) in [5.41, 5.74) is 1.69. The van der Waals surface area contributed by atoms with Gasteiger partial charge in [-0.2, -0.15) is 0 Å². The van der Waals surface area contributed by atoms with Gasteiger partial charge in [0.05, 0.1) is 32.3 Å². The molecule has 0 fully saturated rings. The van der Waals surface area contributed by atoms with Gasteiger partial charge in [-0.15, -0.1) is 0 Å². The number of hydrogen-bond acceptors (Lipinski definition) is 3. The SMILES string of the molecule is Cc1cc(Cl)c(Cl)cc1S(=O)(=O)Nc1cnc2ccccc2c1. The Morgan fingerprint density at radius 3 is 2.52 bits per heavy atom. The van der Waals surface area contributed by atoms with E-state index in [0.717, 1.165) is 10.9 Å². The highest BCUT2D eigenvalue weighted by Gasteiger charge is 2.19. The Kier molecular flexibility index (Phi) is 4.19. The number of pyridine rings is 1. The average Bonchev–Trinajstić information content (AvgIpc) is 2.50. The van der Waals surface area contributed by atoms with Gasteiger partial charge in [0.15, 0.2) is 0 Å². The van der Waals surface area contributed by atoms with E-state index in [4.69, 9.17) is 23.2 Å². The van der Waals surface area contributed by atoms with Gasteiger partial charge in [-0.3, -0.25) is 9.71 Å². The molecule has 0 aliphatic rings. The largest absolute Gasteiger partial charge is 0.278 e. The Morgan fingerprint density at radius 2 is 1.74 bits per heavy atom. The number of nitrogens with one attached hydrogen (secondary N) is 1. The lowest BCUT2D eigenvalue weighted by Gasteiger charge is -2.11. The summed E-state index contributed by atoms with van der Waals surface area (Å²) < 4.78 is 27.7. The predicted octanol–water partition coefficient (Wildman–Crippen LogP) is 4.65. The third-order valence-corrected chi connectivity index (χ3v) is 5.60. The number of halogens is 2. The highest BCUT2D eigenvalue weighted by Crippen LogP contribution is 2.29. The van der Waals surface area contributed by atoms with Crippen molar-refractivity contribution in [1.29, 1.82) is 0 Å². The molecule has 1 heterocycles. The van der Waals surface area contributed by atoms with Gasteiger partial charge in [0.1, 0.15) is 0 Å². The van der Waals surface area contributed by atoms with E-state index in [1.165, 1.54) is 18.3 Å². The highest BCUT2D eigenvalue weighted by atomic mass is 35.5. The normalized spacial score (nSPS) is 11.6. The molecule has 0 unspecified atom stereocenters. The van der Waals surface area contributed by atoms with Crippen molar-refractivity contribution in [2.24, 2.45) is 0 Å². The molecule has 2 aromatic carbocycles. The molecule has 118 valence electrons. The van der Waals surface area contributed by atoms with Gasteiger partial charge in [0.25, 0.3) is 10.0 Å². The van der Waals surface area contributed by atoms with Crippen LogP contribution in [0.25, 0.3) is 10.9 Å². The molecule has 0 saturated heterocycles. The molecule has 4 nitrogen and oxygen atoms in total. The predicted molar refractivity (Wildman–Crippen MR) is 93.8 cm³/mol. The zero-order chi connectivity index (χ0) is 16.6. The first-order valence-electron chi connectivity index (χ1n) is 6.70. The lowest BCUT2D eigenvalue weighted by molar-refractivity contribution is 0.600. The van der Waals surface area contributed by atoms with Gasteiger partial charge in [0, 0.05) is 5.39 Å². The number of nitrogens with zero attached hydrogens (tertiary/aromatic N) is 1. The standard InChI is InChI=1S/C16H12Cl2N2O2S/c1-10-6-13(17)14(18)8-16(10)23(21,22)20-12-7-11-4-2-3-5-15(11)19-9-12/h2-9,20H,1H3. The Balaban J connectivity index is 2.01. The molecule has 1 N–H and O–H groups in total. The molecule has 23 heavy (non-hydrogen) atoms. The minimum atomic E-state index is -3.78. The zero-order valence-corrected chi connectivity index (χ0v) is 14.4. The van der Waals surface area contributed by atoms with Gasteiger partial charge in [0.2, 0.25) is 0 Å². The Bertz CT molecular complexity index is 1000. The molecule has 0 spiro atoms. The fourth-order valence-corrected chi connectivity index (χ4v) is 3.99. The summed E-state index contributed by atoms with van der Waals surface area (Å²) in [6.45, 7) is 1.66. The zero-order valence-electron chi connectivity index (χ0n) is 12.0. The molecular formula is C16H12Cl2N2O2S. The maximum Gasteiger partial charge on any atom is 0.262 e. The number of benzene rings is 2. The Morgan fingerprint density at radius 1 is 1.04 bits per heavy atom. The topological polar surface area (TPSA) is 59.1 Å². The smallest absolute Gasteiger partial charge is 0.262 e. The highest BCUT2D eigenvalue weighted by molar-refractivity contribution is 7.92. The quantitative estimate of drug-likeness (QED) is 0.733. The number of rotatable bonds is 3. The molecule has 3 rings (SSSR count). The summed E-state index contributed by atoms with van der Waals surface area (Å²) in [5, 5.41) is 1.35. The molecule has 0 aliphatic heterocycles. The Labute approximate surface area is 144 Å². The molecule has 0 bridgehead atoms. The number of aromatic nitrogens is 1. The molecule has 1 aromatic heterocycles. The van der Waals surface area contributed by atoms with Crippen molar-refractivity contribution >= 4 is 49.8 Å². The number of fused-ring (bicyclic) bond motifs is 1. The van der Waals surface area contributed by atoms with Crippen LogP contribution in [0.4, 0.5) is 5.69 Å². The minimum absolute atomic E-state index is 0.0834. The van der Waals surface area contributed by atoms with Crippen LogP contribution >= 0.6 is 23.2 Å². The summed E-state index contributed by atoms with van der Waals surface area (Å²) in [6, 6.07) is 12.1. The van der Waals surface area contributed by atoms with Gasteiger partial charge in [-0.25, -0.2) is 8.42 Å². The number of para-hydroxylation sites is 1. The van der Waals surface area contributed by atoms with E-state index in [0.29, 0.717) is 16.3 Å². The second-order valence-corrected chi connectivity index (χ2v) is 7.52. The fraction of sp³-hybridized carbons (Fsp3) is 0.0625. The van der Waals surface area contributed by atoms with Crippen LogP contribution in [0.15, 0.2) is 53.6 Å². The van der Waals surface area contributed by atoms with Crippen molar-refractivity contribution in [2.75, 3.05) is 4.72 Å². The van der Waals surface area contributed by atoms with Gasteiger partial charge >= 0.3 is 0 Å². The van der Waals surface area contributed by atoms with Gasteiger partial charge < -0.3 is 0 Å². The monoisotopic (exact) mass is 366 g/mol. The number of aryl methyl sites for hydroxylation is 1. The van der Waals surface area contributed by atoms with Crippen LogP contribution in [0, 0.1) is 6.92 Å². The molecule has 3 aromatic rings. The Hall–Kier alpha value is -1.82. The maximum absolute atomic E-state index is 12.6. The number of hydrogen-bond donors (Lipinski definition) is 1. The van der Waals surface area contributed by atoms with E-state index in [1.807, 2.05) is 24.3 Å². The van der Waals surface area contributed by atoms with Crippen LogP contribution in [0.3, 0.4) is 0 Å². The van der Waals surface area contributed by atoms with Crippen molar-refractivity contribution in [3.05, 3.63) is 64.3 Å². The molecule has 7 heteroatoms. The van der Waals surface area contributed by atoms with Crippen LogP contribution in [-0.2, 0) is 10.0 Å². The van der Waals surface area contributed by atoms with E-state index in [-0.39, 0.29) is 9.92 Å². The van der Waals surface area contributed by atoms with Gasteiger partial charge in [-0.05, 0) is 36.8 Å². The summed E-state index contributed by atoms with van der Waals surface area (Å²) in [4.78, 5) is 4.32. The second-order valence-electron chi connectivity index (χ2n) is 5.05. The van der Waals surface area contributed by atoms with Crippen LogP contribution in [0.5, 0.6) is 0 Å². The van der Waals surface area contributed by atoms with Crippen molar-refractivity contribution < 1.29 is 8.42 Å². The van der Waals surface area contributed by atoms with E-state index in [1.54, 1.807) is 13.0 Å². The number of anilines is 1. The lowest BCUT2D eigenvalue weighted by Crippen LogP contribution is -2.14. The van der Waals surface area contributed by atoms with Gasteiger partial charge in [-0.1, -0.05) is 41.4 Å². The molecule has 0 amide bonds. The van der Waals surface area contributed by atoms with E-state index >= 15 is 0 Å². The lowest BCUT2D eigenvalue weighted by atomic mass is 10.2. The summed E-state index contributed by atoms with van der Waals surface area (Å²) in [6.07, 6.45) is 1.48. The first-order valence-corrected chi connectivity index (χ1v) is 8.94. The second kappa shape index (κ2) is 6.00. The fourth-order valence-electron chi connectivity index (χ4n) is 2.25. The van der Waals surface area contributed by atoms with Crippen molar-refractivity contribution in [2.45, 2.75) is 11.8 Å². The molecule has 0 aliphatic carbocycles. The average molecular weight is 367 g/mol. The molecular weight excluding hydrogens is 355 g/mol. The minimum Gasteiger partial charge on any atom is -0.278 e. The van der Waals surface area contributed by atoms with E-state index in [2.05, 4.69) is 9.71 Å². The first-order chi connectivity index (χ1) is 10.9. The molecule has 0 saturated carbocycles.